The maximum atomic E-state index is 12.6. The van der Waals surface area contributed by atoms with Crippen molar-refractivity contribution in [3.63, 3.8) is 0 Å². The number of nitrogens with zero attached hydrogens (tertiary/aromatic N) is 3. The van der Waals surface area contributed by atoms with Gasteiger partial charge in [-0.05, 0) is 16.4 Å². The molecule has 33 heteroatoms. The Morgan fingerprint density at radius 1 is 0.192 bits per heavy atom. The fourth-order valence-corrected chi connectivity index (χ4v) is 9.80. The second-order valence-corrected chi connectivity index (χ2v) is 17.5. The fraction of sp³-hybridized carbons (Fsp3) is 0. The summed E-state index contributed by atoms with van der Waals surface area (Å²) in [4.78, 5) is 11.8. The van der Waals surface area contributed by atoms with E-state index in [-0.39, 0.29) is 11.3 Å². The Labute approximate surface area is 435 Å². The van der Waals surface area contributed by atoms with Crippen molar-refractivity contribution in [2.24, 2.45) is 0 Å². The van der Waals surface area contributed by atoms with E-state index in [9.17, 15) is 133 Å². The molecule has 0 saturated carbocycles. The van der Waals surface area contributed by atoms with E-state index in [1.54, 1.807) is 0 Å². The molecule has 6 radical (unpaired) electrons. The third-order valence-corrected chi connectivity index (χ3v) is 13.6. The molecule has 0 aliphatic carbocycles. The Balaban J connectivity index is 1.54. The van der Waals surface area contributed by atoms with Crippen molar-refractivity contribution in [3.05, 3.63) is 0 Å². The SMILES string of the molecule is [B]c1c(O)c(O)c(O)c(O)c1-c1nc(-c2c(O)c(O)c(O)c(O)c2O)nc(-c2c(O)c(-c3c([B])c(O)c(-c4c([B])c(O)c(O)c(O)c4O)c(O)c3O)c(O)c(-c3c(O)c(O)c(O)c4c3sc3c(O)c(O)c(O)c(O)c34)c2O)n1. The van der Waals surface area contributed by atoms with E-state index in [1.165, 1.54) is 0 Å². The van der Waals surface area contributed by atoms with Crippen LogP contribution in [0.1, 0.15) is 0 Å². The molecule has 78 heavy (non-hydrogen) atoms. The van der Waals surface area contributed by atoms with Crippen LogP contribution in [0.2, 0.25) is 0 Å². The summed E-state index contributed by atoms with van der Waals surface area (Å²) in [6, 6.07) is 0. The van der Waals surface area contributed by atoms with E-state index in [2.05, 4.69) is 15.0 Å². The molecule has 0 atom stereocenters. The summed E-state index contributed by atoms with van der Waals surface area (Å²) in [6.07, 6.45) is 0. The first-order valence-corrected chi connectivity index (χ1v) is 21.5. The minimum atomic E-state index is -1.79. The molecule has 26 N–H and O–H groups in total. The average Bonchev–Trinajstić information content (AvgIpc) is 4.02. The van der Waals surface area contributed by atoms with Crippen LogP contribution in [0.5, 0.6) is 149 Å². The van der Waals surface area contributed by atoms with Gasteiger partial charge < -0.3 is 133 Å². The number of phenols is 26. The van der Waals surface area contributed by atoms with Crippen LogP contribution in [-0.2, 0) is 0 Å². The molecule has 0 fully saturated rings. The minimum absolute atomic E-state index is 0.120. The van der Waals surface area contributed by atoms with E-state index in [0.29, 0.717) is 0 Å². The molecule has 29 nitrogen and oxygen atoms in total. The van der Waals surface area contributed by atoms with Crippen molar-refractivity contribution in [1.29, 1.82) is 0 Å². The van der Waals surface area contributed by atoms with E-state index >= 15 is 0 Å². The molecule has 0 amide bonds. The molecule has 2 aromatic heterocycles. The lowest BCUT2D eigenvalue weighted by atomic mass is 9.77. The second kappa shape index (κ2) is 16.9. The van der Waals surface area contributed by atoms with E-state index in [1.807, 2.05) is 0 Å². The summed E-state index contributed by atoms with van der Waals surface area (Å²) in [7, 11) is 18.1. The number of phenolic OH excluding ortho intramolecular Hbond substituents is 26. The number of hydrogen-bond acceptors (Lipinski definition) is 30. The number of benzene rings is 7. The van der Waals surface area contributed by atoms with Crippen molar-refractivity contribution in [2.75, 3.05) is 0 Å². The van der Waals surface area contributed by atoms with Gasteiger partial charge >= 0.3 is 0 Å². The molecule has 9 aromatic rings. The molecule has 7 aromatic carbocycles. The van der Waals surface area contributed by atoms with Gasteiger partial charge in [0.25, 0.3) is 0 Å². The number of hydrogen-bond donors (Lipinski definition) is 26. The van der Waals surface area contributed by atoms with Crippen molar-refractivity contribution in [1.82, 2.24) is 15.0 Å². The molecule has 9 rings (SSSR count). The van der Waals surface area contributed by atoms with Gasteiger partial charge in [-0.2, -0.15) is 0 Å². The second-order valence-electron chi connectivity index (χ2n) is 16.5. The predicted molar refractivity (Wildman–Crippen MR) is 265 cm³/mol. The maximum Gasteiger partial charge on any atom is 0.208 e. The largest absolute Gasteiger partial charge is 0.508 e. The lowest BCUT2D eigenvalue weighted by molar-refractivity contribution is 0.329. The van der Waals surface area contributed by atoms with Crippen LogP contribution in [0.4, 0.5) is 0 Å². The smallest absolute Gasteiger partial charge is 0.208 e. The zero-order valence-corrected chi connectivity index (χ0v) is 38.4. The third kappa shape index (κ3) is 6.53. The van der Waals surface area contributed by atoms with E-state index < -0.39 is 254 Å². The lowest BCUT2D eigenvalue weighted by Gasteiger charge is -2.24. The maximum absolute atomic E-state index is 12.6. The lowest BCUT2D eigenvalue weighted by Crippen LogP contribution is -2.14. The van der Waals surface area contributed by atoms with Gasteiger partial charge in [-0.15, -0.1) is 11.3 Å². The molecular formula is C45H26B3N3O26S. The third-order valence-electron chi connectivity index (χ3n) is 12.4. The highest BCUT2D eigenvalue weighted by Crippen LogP contribution is 2.66. The van der Waals surface area contributed by atoms with E-state index in [0.717, 1.165) is 0 Å². The first-order valence-electron chi connectivity index (χ1n) is 20.7. The summed E-state index contributed by atoms with van der Waals surface area (Å²) in [5, 5.41) is 286. The summed E-state index contributed by atoms with van der Waals surface area (Å²) < 4.78 is -1.52. The Bertz CT molecular complexity index is 4080. The molecule has 392 valence electrons. The molecular weight excluding hydrogens is 1060 g/mol. The number of fused-ring (bicyclic) bond motifs is 3. The van der Waals surface area contributed by atoms with Gasteiger partial charge in [-0.1, -0.05) is 0 Å². The first kappa shape index (κ1) is 51.7. The Hall–Kier alpha value is -11.2. The molecule has 0 unspecified atom stereocenters. The van der Waals surface area contributed by atoms with Crippen LogP contribution < -0.4 is 16.4 Å². The molecule has 0 aliphatic rings. The first-order chi connectivity index (χ1) is 36.3. The van der Waals surface area contributed by atoms with Crippen LogP contribution in [0, 0.1) is 0 Å². The summed E-state index contributed by atoms with van der Waals surface area (Å²) >= 11 is 0.120. The standard InChI is InChI=1S/C45H26B3N3O26S/c46-12-1(19(56)21(58)4(18(12)55)2-13(47)28(65)36(73)31(68)20(2)57)3-15(52)5(6-22(59)30(67)23(60)7-8-24(61)32(69)39(76)40(77)42(8)78-41(6)7)17(54)10(16(3)53)44-49-43(9-14(48)29(66)37(74)33(70)25(9)62)50-45(51-44)11-26(63)34(71)38(75)35(72)27(11)64/h52-77H. The zero-order valence-electron chi connectivity index (χ0n) is 37.6. The van der Waals surface area contributed by atoms with Crippen molar-refractivity contribution < 1.29 is 133 Å². The van der Waals surface area contributed by atoms with Gasteiger partial charge in [0.15, 0.2) is 86.5 Å². The summed E-state index contributed by atoms with van der Waals surface area (Å²) in [6.45, 7) is 0. The number of thiophene rings is 1. The van der Waals surface area contributed by atoms with Crippen molar-refractivity contribution in [3.8, 4) is 217 Å². The van der Waals surface area contributed by atoms with Crippen LogP contribution in [0.3, 0.4) is 0 Å². The van der Waals surface area contributed by atoms with Crippen molar-refractivity contribution >= 4 is 71.4 Å². The monoisotopic (exact) mass is 1090 g/mol. The van der Waals surface area contributed by atoms with Crippen LogP contribution in [0.25, 0.3) is 87.7 Å². The Kier molecular flexibility index (Phi) is 11.2. The quantitative estimate of drug-likeness (QED) is 0.0626. The van der Waals surface area contributed by atoms with Crippen molar-refractivity contribution in [2.45, 2.75) is 0 Å². The Morgan fingerprint density at radius 2 is 0.436 bits per heavy atom. The number of rotatable bonds is 6. The highest BCUT2D eigenvalue weighted by Gasteiger charge is 2.39. The van der Waals surface area contributed by atoms with Gasteiger partial charge in [0.05, 0.1) is 48.0 Å². The molecule has 2 heterocycles. The van der Waals surface area contributed by atoms with Gasteiger partial charge in [0, 0.05) is 11.1 Å². The van der Waals surface area contributed by atoms with Crippen LogP contribution in [-0.4, -0.2) is 171 Å². The molecule has 0 spiro atoms. The minimum Gasteiger partial charge on any atom is -0.508 e. The molecule has 0 aliphatic heterocycles. The highest BCUT2D eigenvalue weighted by atomic mass is 32.1. The van der Waals surface area contributed by atoms with Crippen LogP contribution in [0.15, 0.2) is 0 Å². The van der Waals surface area contributed by atoms with Gasteiger partial charge in [0.2, 0.25) is 57.5 Å². The topological polar surface area (TPSA) is 565 Å². The summed E-state index contributed by atoms with van der Waals surface area (Å²) in [5.74, 6) is -44.4. The zero-order chi connectivity index (χ0) is 57.8. The van der Waals surface area contributed by atoms with Gasteiger partial charge in [0.1, 0.15) is 57.7 Å². The van der Waals surface area contributed by atoms with E-state index in [4.69, 9.17) is 23.5 Å². The number of aromatic hydroxyl groups is 26. The highest BCUT2D eigenvalue weighted by molar-refractivity contribution is 7.27. The average molecular weight is 1090 g/mol. The fourth-order valence-electron chi connectivity index (χ4n) is 8.50. The predicted octanol–water partition coefficient (Wildman–Crippen LogP) is 0.969. The van der Waals surface area contributed by atoms with Crippen LogP contribution >= 0.6 is 11.3 Å². The van der Waals surface area contributed by atoms with Gasteiger partial charge in [-0.3, -0.25) is 0 Å². The molecule has 0 saturated heterocycles. The summed E-state index contributed by atoms with van der Waals surface area (Å²) in [5.41, 5.74) is -15.8. The Morgan fingerprint density at radius 3 is 0.910 bits per heavy atom. The van der Waals surface area contributed by atoms with Gasteiger partial charge in [-0.25, -0.2) is 15.0 Å². The number of aromatic nitrogens is 3. The molecule has 0 bridgehead atoms. The normalized spacial score (nSPS) is 11.5.